The lowest BCUT2D eigenvalue weighted by molar-refractivity contribution is 0.0477. The molecule has 0 atom stereocenters. The Kier molecular flexibility index (Phi) is 10.1. The Labute approximate surface area is 230 Å². The highest BCUT2D eigenvalue weighted by Gasteiger charge is 2.26. The van der Waals surface area contributed by atoms with Crippen LogP contribution in [0.3, 0.4) is 0 Å². The van der Waals surface area contributed by atoms with Crippen LogP contribution in [0, 0.1) is 5.82 Å². The Hall–Kier alpha value is -4.41. The molecule has 0 bridgehead atoms. The molecule has 0 saturated carbocycles. The van der Waals surface area contributed by atoms with Crippen molar-refractivity contribution >= 4 is 22.8 Å². The third-order valence-electron chi connectivity index (χ3n) is 5.94. The molecule has 0 fully saturated rings. The standard InChI is InChI=1S/C30H30FN3O6/c1-38-15-12-32-29(36)27-28(40-19-21-6-3-2-4-7-21)25-24(26(34-27)30(37)39-14-5-13-35)17-22(18-33-25)16-20-8-10-23(31)11-9-20/h2-4,6-11,17-18,35H,5,12-16,19H2,1H3,(H,32,36). The number of nitrogens with one attached hydrogen (secondary N) is 1. The molecule has 2 N–H and O–H groups in total. The molecule has 2 aromatic heterocycles. The van der Waals surface area contributed by atoms with Crippen LogP contribution >= 0.6 is 0 Å². The summed E-state index contributed by atoms with van der Waals surface area (Å²) in [6, 6.07) is 17.2. The molecule has 0 radical (unpaired) electrons. The van der Waals surface area contributed by atoms with Crippen molar-refractivity contribution in [3.63, 3.8) is 0 Å². The Morgan fingerprint density at radius 2 is 1.75 bits per heavy atom. The van der Waals surface area contributed by atoms with Crippen LogP contribution in [0.2, 0.25) is 0 Å². The maximum atomic E-state index is 13.4. The number of halogens is 1. The number of hydrogen-bond acceptors (Lipinski definition) is 8. The summed E-state index contributed by atoms with van der Waals surface area (Å²) in [6.45, 7) is 0.455. The Bertz CT molecular complexity index is 1450. The summed E-state index contributed by atoms with van der Waals surface area (Å²) in [6.07, 6.45) is 2.29. The van der Waals surface area contributed by atoms with Gasteiger partial charge in [0.2, 0.25) is 0 Å². The molecule has 9 nitrogen and oxygen atoms in total. The summed E-state index contributed by atoms with van der Waals surface area (Å²) in [5, 5.41) is 12.2. The van der Waals surface area contributed by atoms with Gasteiger partial charge in [0, 0.05) is 38.3 Å². The SMILES string of the molecule is COCCNC(=O)c1nc(C(=O)OCCCO)c2cc(Cc3ccc(F)cc3)cnc2c1OCc1ccccc1. The number of aliphatic hydroxyl groups excluding tert-OH is 1. The number of esters is 1. The highest BCUT2D eigenvalue weighted by Crippen LogP contribution is 2.32. The van der Waals surface area contributed by atoms with Crippen LogP contribution in [-0.2, 0) is 22.5 Å². The van der Waals surface area contributed by atoms with Gasteiger partial charge in [-0.1, -0.05) is 42.5 Å². The molecule has 1 amide bonds. The molecule has 0 saturated heterocycles. The maximum absolute atomic E-state index is 13.4. The molecule has 2 heterocycles. The highest BCUT2D eigenvalue weighted by molar-refractivity contribution is 6.08. The average molecular weight is 548 g/mol. The lowest BCUT2D eigenvalue weighted by atomic mass is 10.0. The van der Waals surface area contributed by atoms with Crippen molar-refractivity contribution in [2.24, 2.45) is 0 Å². The molecule has 40 heavy (non-hydrogen) atoms. The van der Waals surface area contributed by atoms with E-state index in [1.165, 1.54) is 19.2 Å². The summed E-state index contributed by atoms with van der Waals surface area (Å²) < 4.78 is 29.9. The summed E-state index contributed by atoms with van der Waals surface area (Å²) in [4.78, 5) is 35.4. The van der Waals surface area contributed by atoms with E-state index in [1.807, 2.05) is 30.3 Å². The molecule has 0 aliphatic heterocycles. The van der Waals surface area contributed by atoms with Crippen LogP contribution < -0.4 is 10.1 Å². The largest absolute Gasteiger partial charge is 0.484 e. The van der Waals surface area contributed by atoms with Gasteiger partial charge in [-0.3, -0.25) is 9.78 Å². The molecule has 0 unspecified atom stereocenters. The van der Waals surface area contributed by atoms with E-state index in [2.05, 4.69) is 15.3 Å². The number of methoxy groups -OCH3 is 1. The van der Waals surface area contributed by atoms with Crippen LogP contribution in [0.25, 0.3) is 10.9 Å². The van der Waals surface area contributed by atoms with Crippen molar-refractivity contribution in [2.75, 3.05) is 33.5 Å². The Morgan fingerprint density at radius 1 is 0.975 bits per heavy atom. The van der Waals surface area contributed by atoms with Crippen molar-refractivity contribution in [1.82, 2.24) is 15.3 Å². The van der Waals surface area contributed by atoms with E-state index in [4.69, 9.17) is 19.3 Å². The molecule has 0 spiro atoms. The van der Waals surface area contributed by atoms with Gasteiger partial charge in [-0.15, -0.1) is 0 Å². The minimum absolute atomic E-state index is 0.0250. The number of aromatic nitrogens is 2. The van der Waals surface area contributed by atoms with Gasteiger partial charge in [0.1, 0.15) is 17.9 Å². The third-order valence-corrected chi connectivity index (χ3v) is 5.94. The predicted molar refractivity (Wildman–Crippen MR) is 146 cm³/mol. The second-order valence-electron chi connectivity index (χ2n) is 8.92. The monoisotopic (exact) mass is 547 g/mol. The van der Waals surface area contributed by atoms with Crippen LogP contribution in [0.5, 0.6) is 5.75 Å². The van der Waals surface area contributed by atoms with Crippen molar-refractivity contribution in [3.8, 4) is 5.75 Å². The molecule has 0 aliphatic rings. The molecule has 0 aliphatic carbocycles. The van der Waals surface area contributed by atoms with E-state index in [9.17, 15) is 14.0 Å². The number of aliphatic hydroxyl groups is 1. The lowest BCUT2D eigenvalue weighted by Gasteiger charge is -2.16. The quantitative estimate of drug-likeness (QED) is 0.191. The fourth-order valence-electron chi connectivity index (χ4n) is 3.96. The van der Waals surface area contributed by atoms with Gasteiger partial charge in [0.25, 0.3) is 5.91 Å². The topological polar surface area (TPSA) is 120 Å². The minimum Gasteiger partial charge on any atom is -0.484 e. The number of carbonyl (C=O) groups excluding carboxylic acids is 2. The van der Waals surface area contributed by atoms with E-state index in [0.717, 1.165) is 16.7 Å². The molecule has 4 aromatic rings. The van der Waals surface area contributed by atoms with Gasteiger partial charge in [-0.25, -0.2) is 14.2 Å². The normalized spacial score (nSPS) is 10.9. The van der Waals surface area contributed by atoms with Crippen LogP contribution in [-0.4, -0.2) is 60.4 Å². The number of hydrogen-bond donors (Lipinski definition) is 2. The van der Waals surface area contributed by atoms with E-state index in [1.54, 1.807) is 24.4 Å². The second kappa shape index (κ2) is 14.1. The number of carbonyl (C=O) groups is 2. The van der Waals surface area contributed by atoms with E-state index in [-0.39, 0.29) is 67.9 Å². The first-order valence-corrected chi connectivity index (χ1v) is 12.8. The molecular weight excluding hydrogens is 517 g/mol. The summed E-state index contributed by atoms with van der Waals surface area (Å²) in [7, 11) is 1.52. The summed E-state index contributed by atoms with van der Waals surface area (Å²) in [5.74, 6) is -1.55. The first kappa shape index (κ1) is 28.6. The zero-order valence-corrected chi connectivity index (χ0v) is 22.1. The molecular formula is C30H30FN3O6. The number of ether oxygens (including phenoxy) is 3. The molecule has 208 valence electrons. The van der Waals surface area contributed by atoms with Crippen LogP contribution in [0.4, 0.5) is 4.39 Å². The second-order valence-corrected chi connectivity index (χ2v) is 8.92. The third kappa shape index (κ3) is 7.37. The van der Waals surface area contributed by atoms with Gasteiger partial charge < -0.3 is 24.6 Å². The fraction of sp³-hybridized carbons (Fsp3) is 0.267. The van der Waals surface area contributed by atoms with Crippen molar-refractivity contribution in [2.45, 2.75) is 19.4 Å². The highest BCUT2D eigenvalue weighted by atomic mass is 19.1. The van der Waals surface area contributed by atoms with E-state index in [0.29, 0.717) is 11.8 Å². The Morgan fingerprint density at radius 3 is 2.48 bits per heavy atom. The molecule has 4 rings (SSSR count). The van der Waals surface area contributed by atoms with Gasteiger partial charge in [-0.05, 0) is 41.3 Å². The van der Waals surface area contributed by atoms with Crippen LogP contribution in [0.15, 0.2) is 66.9 Å². The molecule has 10 heteroatoms. The number of nitrogens with zero attached hydrogens (tertiary/aromatic N) is 2. The smallest absolute Gasteiger partial charge is 0.357 e. The average Bonchev–Trinajstić information content (AvgIpc) is 2.97. The summed E-state index contributed by atoms with van der Waals surface area (Å²) in [5.41, 5.74) is 2.48. The number of benzene rings is 2. The number of pyridine rings is 2. The number of fused-ring (bicyclic) bond motifs is 1. The van der Waals surface area contributed by atoms with Crippen LogP contribution in [0.1, 0.15) is 44.1 Å². The first-order valence-electron chi connectivity index (χ1n) is 12.8. The zero-order valence-electron chi connectivity index (χ0n) is 22.1. The van der Waals surface area contributed by atoms with Gasteiger partial charge >= 0.3 is 5.97 Å². The number of rotatable bonds is 13. The van der Waals surface area contributed by atoms with E-state index >= 15 is 0 Å². The molecule has 2 aromatic carbocycles. The first-order chi connectivity index (χ1) is 19.5. The Balaban J connectivity index is 1.81. The predicted octanol–water partition coefficient (Wildman–Crippen LogP) is 3.85. The van der Waals surface area contributed by atoms with Crippen molar-refractivity contribution in [1.29, 1.82) is 0 Å². The van der Waals surface area contributed by atoms with Crippen molar-refractivity contribution < 1.29 is 33.3 Å². The van der Waals surface area contributed by atoms with Gasteiger partial charge in [0.15, 0.2) is 17.1 Å². The lowest BCUT2D eigenvalue weighted by Crippen LogP contribution is -2.29. The fourth-order valence-corrected chi connectivity index (χ4v) is 3.96. The zero-order chi connectivity index (χ0) is 28.3. The van der Waals surface area contributed by atoms with Crippen molar-refractivity contribution in [3.05, 3.63) is 101 Å². The summed E-state index contributed by atoms with van der Waals surface area (Å²) >= 11 is 0. The maximum Gasteiger partial charge on any atom is 0.357 e. The van der Waals surface area contributed by atoms with Gasteiger partial charge in [-0.2, -0.15) is 0 Å². The number of amides is 1. The van der Waals surface area contributed by atoms with E-state index < -0.39 is 11.9 Å². The van der Waals surface area contributed by atoms with Gasteiger partial charge in [0.05, 0.1) is 13.2 Å². The minimum atomic E-state index is -0.764.